The summed E-state index contributed by atoms with van der Waals surface area (Å²) in [6.07, 6.45) is 5.12. The number of H-pyrrole nitrogens is 1. The number of halogens is 1. The number of anilines is 1. The summed E-state index contributed by atoms with van der Waals surface area (Å²) in [5, 5.41) is 16.4. The number of aliphatic hydroxyl groups is 1. The molecule has 0 spiro atoms. The second-order valence-corrected chi connectivity index (χ2v) is 6.75. The number of benzene rings is 1. The largest absolute Gasteiger partial charge is 0.497 e. The van der Waals surface area contributed by atoms with Crippen LogP contribution >= 0.6 is 0 Å². The lowest BCUT2D eigenvalue weighted by Crippen LogP contribution is -2.36. The van der Waals surface area contributed by atoms with Crippen molar-refractivity contribution in [2.24, 2.45) is 0 Å². The maximum absolute atomic E-state index is 13.8. The molecule has 4 rings (SSSR count). The van der Waals surface area contributed by atoms with Crippen molar-refractivity contribution in [1.29, 1.82) is 0 Å². The third kappa shape index (κ3) is 3.77. The van der Waals surface area contributed by atoms with E-state index in [-0.39, 0.29) is 19.2 Å². The van der Waals surface area contributed by atoms with E-state index in [1.165, 1.54) is 29.0 Å². The molecule has 2 amide bonds. The monoisotopic (exact) mass is 397 g/mol. The number of carbonyl (C=O) groups excluding carboxylic acids is 1. The van der Waals surface area contributed by atoms with Crippen LogP contribution < -0.4 is 9.64 Å². The molecule has 1 unspecified atom stereocenters. The molecule has 1 aromatic carbocycles. The van der Waals surface area contributed by atoms with E-state index in [9.17, 15) is 14.3 Å². The van der Waals surface area contributed by atoms with Gasteiger partial charge in [0.25, 0.3) is 0 Å². The topological polar surface area (TPSA) is 94.6 Å². The molecule has 3 aromatic rings. The highest BCUT2D eigenvalue weighted by molar-refractivity contribution is 5.93. The summed E-state index contributed by atoms with van der Waals surface area (Å²) >= 11 is 0. The van der Waals surface area contributed by atoms with Gasteiger partial charge in [-0.05, 0) is 29.8 Å². The Labute approximate surface area is 166 Å². The number of carbonyl (C=O) groups is 1. The first-order valence-electron chi connectivity index (χ1n) is 9.06. The highest BCUT2D eigenvalue weighted by Gasteiger charge is 2.38. The highest BCUT2D eigenvalue weighted by atomic mass is 19.1. The number of urea groups is 1. The van der Waals surface area contributed by atoms with E-state index in [0.717, 1.165) is 11.1 Å². The Hall–Kier alpha value is -3.46. The first-order chi connectivity index (χ1) is 14.1. The lowest BCUT2D eigenvalue weighted by Gasteiger charge is -2.22. The molecule has 2 N–H and O–H groups in total. The Morgan fingerprint density at radius 1 is 1.28 bits per heavy atom. The van der Waals surface area contributed by atoms with E-state index in [4.69, 9.17) is 4.74 Å². The van der Waals surface area contributed by atoms with Gasteiger partial charge in [-0.25, -0.2) is 14.2 Å². The quantitative estimate of drug-likeness (QED) is 0.666. The molecule has 1 aliphatic rings. The molecule has 0 bridgehead atoms. The molecule has 8 nitrogen and oxygen atoms in total. The van der Waals surface area contributed by atoms with Crippen molar-refractivity contribution >= 4 is 11.8 Å². The number of nitrogens with zero attached hydrogens (tertiary/aromatic N) is 4. The average molecular weight is 397 g/mol. The summed E-state index contributed by atoms with van der Waals surface area (Å²) < 4.78 is 18.9. The number of methoxy groups -OCH3 is 1. The van der Waals surface area contributed by atoms with Crippen molar-refractivity contribution in [3.05, 3.63) is 60.3 Å². The summed E-state index contributed by atoms with van der Waals surface area (Å²) in [5.41, 5.74) is 2.35. The van der Waals surface area contributed by atoms with Crippen LogP contribution in [-0.4, -0.2) is 57.5 Å². The summed E-state index contributed by atoms with van der Waals surface area (Å²) in [7, 11) is 1.46. The molecule has 0 radical (unpaired) electrons. The zero-order chi connectivity index (χ0) is 20.4. The molecule has 1 saturated heterocycles. The molecular formula is C20H20FN5O3. The lowest BCUT2D eigenvalue weighted by molar-refractivity contribution is 0.161. The van der Waals surface area contributed by atoms with Crippen molar-refractivity contribution < 1.29 is 19.0 Å². The fourth-order valence-corrected chi connectivity index (χ4v) is 3.39. The molecule has 0 aliphatic carbocycles. The Balaban J connectivity index is 1.55. The van der Waals surface area contributed by atoms with Crippen LogP contribution in [0.5, 0.6) is 5.75 Å². The lowest BCUT2D eigenvalue weighted by atomic mass is 10.1. The van der Waals surface area contributed by atoms with E-state index in [0.29, 0.717) is 23.7 Å². The standard InChI is InChI=1S/C20H20FN5O3/c1-29-18-5-13(4-16(21)6-18)10-25-17(12-27)11-26(20(25)28)19-3-2-14(7-22-19)15-8-23-24-9-15/h2-9,17,27H,10-12H2,1H3,(H,23,24). The number of rotatable bonds is 6. The molecule has 0 saturated carbocycles. The van der Waals surface area contributed by atoms with Crippen LogP contribution in [0, 0.1) is 5.82 Å². The number of aromatic amines is 1. The molecule has 29 heavy (non-hydrogen) atoms. The average Bonchev–Trinajstić information content (AvgIpc) is 3.37. The number of aliphatic hydroxyl groups excluding tert-OH is 1. The summed E-state index contributed by atoms with van der Waals surface area (Å²) in [5.74, 6) is 0.417. The van der Waals surface area contributed by atoms with Gasteiger partial charge in [-0.15, -0.1) is 0 Å². The highest BCUT2D eigenvalue weighted by Crippen LogP contribution is 2.27. The van der Waals surface area contributed by atoms with Crippen LogP contribution in [0.2, 0.25) is 0 Å². The summed E-state index contributed by atoms with van der Waals surface area (Å²) in [6.45, 7) is 0.240. The van der Waals surface area contributed by atoms with Crippen LogP contribution in [0.1, 0.15) is 5.56 Å². The van der Waals surface area contributed by atoms with Gasteiger partial charge in [0.05, 0.1) is 32.5 Å². The van der Waals surface area contributed by atoms with E-state index in [2.05, 4.69) is 15.2 Å². The number of hydrogen-bond acceptors (Lipinski definition) is 5. The van der Waals surface area contributed by atoms with Gasteiger partial charge >= 0.3 is 6.03 Å². The Morgan fingerprint density at radius 3 is 2.79 bits per heavy atom. The third-order valence-corrected chi connectivity index (χ3v) is 4.90. The second-order valence-electron chi connectivity index (χ2n) is 6.75. The van der Waals surface area contributed by atoms with Crippen LogP contribution in [0.15, 0.2) is 48.9 Å². The number of hydrogen-bond donors (Lipinski definition) is 2. The van der Waals surface area contributed by atoms with Crippen molar-refractivity contribution in [2.45, 2.75) is 12.6 Å². The molecule has 1 aliphatic heterocycles. The molecular weight excluding hydrogens is 377 g/mol. The van der Waals surface area contributed by atoms with Crippen LogP contribution in [0.25, 0.3) is 11.1 Å². The van der Waals surface area contributed by atoms with E-state index in [1.54, 1.807) is 30.7 Å². The molecule has 9 heteroatoms. The van der Waals surface area contributed by atoms with Gasteiger partial charge in [0, 0.05) is 36.1 Å². The number of aromatic nitrogens is 3. The normalized spacial score (nSPS) is 16.5. The molecule has 1 fully saturated rings. The molecule has 1 atom stereocenters. The maximum Gasteiger partial charge on any atom is 0.326 e. The minimum Gasteiger partial charge on any atom is -0.497 e. The second kappa shape index (κ2) is 7.88. The van der Waals surface area contributed by atoms with Gasteiger partial charge in [0.2, 0.25) is 0 Å². The fraction of sp³-hybridized carbons (Fsp3) is 0.250. The summed E-state index contributed by atoms with van der Waals surface area (Å²) in [6, 6.07) is 7.19. The van der Waals surface area contributed by atoms with E-state index >= 15 is 0 Å². The van der Waals surface area contributed by atoms with Gasteiger partial charge in [-0.3, -0.25) is 10.00 Å². The van der Waals surface area contributed by atoms with Crippen LogP contribution in [0.3, 0.4) is 0 Å². The third-order valence-electron chi connectivity index (χ3n) is 4.90. The fourth-order valence-electron chi connectivity index (χ4n) is 3.39. The van der Waals surface area contributed by atoms with Crippen molar-refractivity contribution in [1.82, 2.24) is 20.1 Å². The molecule has 3 heterocycles. The van der Waals surface area contributed by atoms with Gasteiger partial charge in [-0.2, -0.15) is 5.10 Å². The summed E-state index contributed by atoms with van der Waals surface area (Å²) in [4.78, 5) is 20.4. The van der Waals surface area contributed by atoms with E-state index in [1.807, 2.05) is 6.07 Å². The van der Waals surface area contributed by atoms with Gasteiger partial charge in [-0.1, -0.05) is 0 Å². The minimum atomic E-state index is -0.445. The first kappa shape index (κ1) is 18.9. The number of amides is 2. The van der Waals surface area contributed by atoms with Crippen molar-refractivity contribution in [3.8, 4) is 16.9 Å². The Morgan fingerprint density at radius 2 is 2.14 bits per heavy atom. The predicted octanol–water partition coefficient (Wildman–Crippen LogP) is 2.42. The van der Waals surface area contributed by atoms with E-state index < -0.39 is 11.9 Å². The Kier molecular flexibility index (Phi) is 5.13. The van der Waals surface area contributed by atoms with Crippen LogP contribution in [0.4, 0.5) is 15.0 Å². The number of pyridine rings is 1. The number of nitrogens with one attached hydrogen (secondary N) is 1. The van der Waals surface area contributed by atoms with Gasteiger partial charge < -0.3 is 14.7 Å². The molecule has 2 aromatic heterocycles. The Bertz CT molecular complexity index is 994. The SMILES string of the molecule is COc1cc(F)cc(CN2C(=O)N(c3ccc(-c4cn[nH]c4)cn3)CC2CO)c1. The minimum absolute atomic E-state index is 0.155. The molecule has 150 valence electrons. The number of ether oxygens (including phenoxy) is 1. The van der Waals surface area contributed by atoms with Crippen LogP contribution in [-0.2, 0) is 6.54 Å². The van der Waals surface area contributed by atoms with Gasteiger partial charge in [0.15, 0.2) is 0 Å². The van der Waals surface area contributed by atoms with Crippen molar-refractivity contribution in [3.63, 3.8) is 0 Å². The zero-order valence-electron chi connectivity index (χ0n) is 15.7. The van der Waals surface area contributed by atoms with Crippen molar-refractivity contribution in [2.75, 3.05) is 25.2 Å². The van der Waals surface area contributed by atoms with Gasteiger partial charge in [0.1, 0.15) is 17.4 Å². The zero-order valence-corrected chi connectivity index (χ0v) is 15.7. The predicted molar refractivity (Wildman–Crippen MR) is 104 cm³/mol. The first-order valence-corrected chi connectivity index (χ1v) is 9.06. The maximum atomic E-state index is 13.8. The smallest absolute Gasteiger partial charge is 0.326 e.